The number of thiazole rings is 1. The molecule has 1 rings (SSSR count). The van der Waals surface area contributed by atoms with E-state index in [1.165, 1.54) is 16.2 Å². The van der Waals surface area contributed by atoms with Crippen molar-refractivity contribution < 1.29 is 14.6 Å². The topological polar surface area (TPSA) is 62.7 Å². The highest BCUT2D eigenvalue weighted by atomic mass is 32.1. The van der Waals surface area contributed by atoms with Crippen LogP contribution in [0.4, 0.5) is 9.93 Å². The molecule has 0 atom stereocenters. The largest absolute Gasteiger partial charge is 0.443 e. The van der Waals surface area contributed by atoms with Crippen molar-refractivity contribution in [1.29, 1.82) is 0 Å². The summed E-state index contributed by atoms with van der Waals surface area (Å²) in [6, 6.07) is 0. The third-order valence-corrected chi connectivity index (χ3v) is 2.38. The van der Waals surface area contributed by atoms with E-state index in [-0.39, 0.29) is 13.2 Å². The molecule has 16 heavy (non-hydrogen) atoms. The Hall–Kier alpha value is -1.14. The van der Waals surface area contributed by atoms with Crippen LogP contribution in [0.25, 0.3) is 0 Å². The van der Waals surface area contributed by atoms with Gasteiger partial charge in [-0.2, -0.15) is 0 Å². The van der Waals surface area contributed by atoms with Gasteiger partial charge in [0.25, 0.3) is 0 Å². The molecule has 0 radical (unpaired) electrons. The summed E-state index contributed by atoms with van der Waals surface area (Å²) in [5.41, 5.74) is -0.554. The number of hydrogen-bond donors (Lipinski definition) is 1. The molecule has 0 fully saturated rings. The molecule has 0 aliphatic rings. The van der Waals surface area contributed by atoms with Crippen LogP contribution in [0.1, 0.15) is 20.8 Å². The minimum absolute atomic E-state index is 0.126. The third kappa shape index (κ3) is 3.79. The summed E-state index contributed by atoms with van der Waals surface area (Å²) in [6.07, 6.45) is 1.12. The molecule has 0 spiro atoms. The van der Waals surface area contributed by atoms with Crippen LogP contribution in [0.3, 0.4) is 0 Å². The van der Waals surface area contributed by atoms with Gasteiger partial charge in [0.1, 0.15) is 5.60 Å². The van der Waals surface area contributed by atoms with Gasteiger partial charge in [-0.25, -0.2) is 9.78 Å². The molecule has 0 aliphatic heterocycles. The van der Waals surface area contributed by atoms with E-state index in [1.54, 1.807) is 32.3 Å². The van der Waals surface area contributed by atoms with Crippen LogP contribution < -0.4 is 4.90 Å². The predicted octanol–water partition coefficient (Wildman–Crippen LogP) is 1.88. The number of carbonyl (C=O) groups excluding carboxylic acids is 1. The van der Waals surface area contributed by atoms with Crippen LogP contribution in [-0.4, -0.2) is 34.9 Å². The van der Waals surface area contributed by atoms with Crippen molar-refractivity contribution in [2.24, 2.45) is 0 Å². The van der Waals surface area contributed by atoms with Gasteiger partial charge < -0.3 is 9.84 Å². The highest BCUT2D eigenvalue weighted by Gasteiger charge is 2.24. The van der Waals surface area contributed by atoms with Gasteiger partial charge in [-0.1, -0.05) is 0 Å². The van der Waals surface area contributed by atoms with Crippen molar-refractivity contribution in [2.45, 2.75) is 26.4 Å². The molecule has 1 heterocycles. The highest BCUT2D eigenvalue weighted by molar-refractivity contribution is 7.13. The van der Waals surface area contributed by atoms with E-state index in [9.17, 15) is 4.79 Å². The second kappa shape index (κ2) is 5.27. The van der Waals surface area contributed by atoms with E-state index in [1.807, 2.05) is 0 Å². The normalized spacial score (nSPS) is 11.2. The molecule has 1 N–H and O–H groups in total. The van der Waals surface area contributed by atoms with Gasteiger partial charge >= 0.3 is 6.09 Å². The maximum Gasteiger partial charge on any atom is 0.416 e. The van der Waals surface area contributed by atoms with Gasteiger partial charge in [0.15, 0.2) is 5.13 Å². The number of hydrogen-bond acceptors (Lipinski definition) is 5. The summed E-state index contributed by atoms with van der Waals surface area (Å²) < 4.78 is 5.22. The lowest BCUT2D eigenvalue weighted by Crippen LogP contribution is -2.38. The van der Waals surface area contributed by atoms with Crippen LogP contribution in [0.5, 0.6) is 0 Å². The van der Waals surface area contributed by atoms with Crippen molar-refractivity contribution in [3.8, 4) is 0 Å². The zero-order chi connectivity index (χ0) is 12.2. The molecule has 0 saturated heterocycles. The van der Waals surface area contributed by atoms with E-state index in [2.05, 4.69) is 4.98 Å². The minimum Gasteiger partial charge on any atom is -0.443 e. The fraction of sp³-hybridized carbons (Fsp3) is 0.600. The maximum absolute atomic E-state index is 11.8. The van der Waals surface area contributed by atoms with Gasteiger partial charge in [-0.3, -0.25) is 4.90 Å². The lowest BCUT2D eigenvalue weighted by molar-refractivity contribution is 0.0573. The number of aromatic nitrogens is 1. The Morgan fingerprint density at radius 1 is 1.62 bits per heavy atom. The van der Waals surface area contributed by atoms with E-state index >= 15 is 0 Å². The summed E-state index contributed by atoms with van der Waals surface area (Å²) in [5, 5.41) is 11.2. The quantitative estimate of drug-likeness (QED) is 0.881. The molecule has 5 nitrogen and oxygen atoms in total. The molecule has 0 aliphatic carbocycles. The van der Waals surface area contributed by atoms with E-state index in [0.717, 1.165) is 0 Å². The summed E-state index contributed by atoms with van der Waals surface area (Å²) in [4.78, 5) is 17.2. The molecular formula is C10H16N2O3S. The second-order valence-corrected chi connectivity index (χ2v) is 5.04. The number of rotatable bonds is 3. The van der Waals surface area contributed by atoms with Crippen LogP contribution in [0.2, 0.25) is 0 Å². The number of carbonyl (C=O) groups is 1. The Kier molecular flexibility index (Phi) is 4.26. The number of anilines is 1. The average Bonchev–Trinajstić information content (AvgIpc) is 2.63. The van der Waals surface area contributed by atoms with Gasteiger partial charge in [-0.15, -0.1) is 11.3 Å². The first-order valence-electron chi connectivity index (χ1n) is 4.95. The fourth-order valence-electron chi connectivity index (χ4n) is 1.03. The van der Waals surface area contributed by atoms with Gasteiger partial charge in [0.2, 0.25) is 0 Å². The molecule has 0 aromatic carbocycles. The van der Waals surface area contributed by atoms with Crippen LogP contribution in [0.15, 0.2) is 11.6 Å². The number of aliphatic hydroxyl groups excluding tert-OH is 1. The third-order valence-electron chi connectivity index (χ3n) is 1.59. The standard InChI is InChI=1S/C10H16N2O3S/c1-10(2,3)15-9(14)12(5-6-13)8-11-4-7-16-8/h4,7,13H,5-6H2,1-3H3. The second-order valence-electron chi connectivity index (χ2n) is 4.17. The Bertz CT molecular complexity index is 332. The van der Waals surface area contributed by atoms with E-state index < -0.39 is 11.7 Å². The lowest BCUT2D eigenvalue weighted by Gasteiger charge is -2.25. The molecule has 6 heteroatoms. The SMILES string of the molecule is CC(C)(C)OC(=O)N(CCO)c1nccs1. The summed E-state index contributed by atoms with van der Waals surface area (Å²) in [6.45, 7) is 5.44. The first-order chi connectivity index (χ1) is 7.44. The van der Waals surface area contributed by atoms with Gasteiger partial charge in [0, 0.05) is 11.6 Å². The molecule has 0 saturated carbocycles. The van der Waals surface area contributed by atoms with E-state index in [0.29, 0.717) is 5.13 Å². The zero-order valence-corrected chi connectivity index (χ0v) is 10.5. The Morgan fingerprint density at radius 2 is 2.31 bits per heavy atom. The number of nitrogens with zero attached hydrogens (tertiary/aromatic N) is 2. The van der Waals surface area contributed by atoms with Crippen molar-refractivity contribution in [2.75, 3.05) is 18.1 Å². The molecular weight excluding hydrogens is 228 g/mol. The van der Waals surface area contributed by atoms with Crippen molar-refractivity contribution in [1.82, 2.24) is 4.98 Å². The maximum atomic E-state index is 11.8. The fourth-order valence-corrected chi connectivity index (χ4v) is 1.69. The molecule has 1 amide bonds. The summed E-state index contributed by atoms with van der Waals surface area (Å²) >= 11 is 1.33. The Morgan fingerprint density at radius 3 is 2.75 bits per heavy atom. The Balaban J connectivity index is 2.75. The predicted molar refractivity (Wildman–Crippen MR) is 62.8 cm³/mol. The number of amides is 1. The zero-order valence-electron chi connectivity index (χ0n) is 9.64. The first-order valence-corrected chi connectivity index (χ1v) is 5.83. The highest BCUT2D eigenvalue weighted by Crippen LogP contribution is 2.20. The molecule has 90 valence electrons. The van der Waals surface area contributed by atoms with Crippen LogP contribution in [0, 0.1) is 0 Å². The van der Waals surface area contributed by atoms with E-state index in [4.69, 9.17) is 9.84 Å². The Labute approximate surface area is 98.7 Å². The number of aliphatic hydroxyl groups is 1. The van der Waals surface area contributed by atoms with Crippen molar-refractivity contribution in [3.05, 3.63) is 11.6 Å². The summed E-state index contributed by atoms with van der Waals surface area (Å²) in [7, 11) is 0. The molecule has 0 unspecified atom stereocenters. The molecule has 0 bridgehead atoms. The summed E-state index contributed by atoms with van der Waals surface area (Å²) in [5.74, 6) is 0. The number of ether oxygens (including phenoxy) is 1. The van der Waals surface area contributed by atoms with Crippen molar-refractivity contribution in [3.63, 3.8) is 0 Å². The van der Waals surface area contributed by atoms with Crippen molar-refractivity contribution >= 4 is 22.6 Å². The first kappa shape index (κ1) is 12.9. The monoisotopic (exact) mass is 244 g/mol. The van der Waals surface area contributed by atoms with Gasteiger partial charge in [-0.05, 0) is 20.8 Å². The molecule has 1 aromatic rings. The smallest absolute Gasteiger partial charge is 0.416 e. The average molecular weight is 244 g/mol. The minimum atomic E-state index is -0.554. The molecule has 1 aromatic heterocycles. The lowest BCUT2D eigenvalue weighted by atomic mass is 10.2. The van der Waals surface area contributed by atoms with Gasteiger partial charge in [0.05, 0.1) is 13.2 Å². The van der Waals surface area contributed by atoms with Crippen LogP contribution >= 0.6 is 11.3 Å². The van der Waals surface area contributed by atoms with Crippen LogP contribution in [-0.2, 0) is 4.74 Å².